The summed E-state index contributed by atoms with van der Waals surface area (Å²) < 4.78 is 16.7. The Hall–Kier alpha value is -2.50. The van der Waals surface area contributed by atoms with Gasteiger partial charge in [-0.1, -0.05) is 12.5 Å². The van der Waals surface area contributed by atoms with Crippen LogP contribution in [0.15, 0.2) is 30.3 Å². The van der Waals surface area contributed by atoms with Gasteiger partial charge in [0.15, 0.2) is 11.5 Å². The molecular formula is C24H27NO4. The maximum absolute atomic E-state index is 11.4. The third-order valence-corrected chi connectivity index (χ3v) is 6.67. The van der Waals surface area contributed by atoms with Crippen LogP contribution in [-0.4, -0.2) is 43.9 Å². The first-order valence-electron chi connectivity index (χ1n) is 10.3. The van der Waals surface area contributed by atoms with Crippen molar-refractivity contribution < 1.29 is 19.3 Å². The van der Waals surface area contributed by atoms with Crippen LogP contribution in [0.3, 0.4) is 0 Å². The number of fused-ring (bicyclic) bond motifs is 7. The summed E-state index contributed by atoms with van der Waals surface area (Å²) in [6.45, 7) is 1.89. The van der Waals surface area contributed by atoms with Crippen LogP contribution in [0.25, 0.3) is 21.5 Å². The smallest absolute Gasteiger partial charge is 0.161 e. The minimum absolute atomic E-state index is 0.194. The summed E-state index contributed by atoms with van der Waals surface area (Å²) in [5, 5.41) is 15.8. The molecule has 2 heterocycles. The SMILES string of the molecule is COc1ccc2c3c(c4cc(OC)c(OC)cc4c2c1)CN1CCCCC1C3O. The largest absolute Gasteiger partial charge is 0.497 e. The van der Waals surface area contributed by atoms with Gasteiger partial charge in [-0.3, -0.25) is 4.90 Å². The normalized spacial score (nSPS) is 21.7. The summed E-state index contributed by atoms with van der Waals surface area (Å²) in [5.41, 5.74) is 2.26. The Morgan fingerprint density at radius 1 is 0.862 bits per heavy atom. The van der Waals surface area contributed by atoms with Gasteiger partial charge in [0.25, 0.3) is 0 Å². The molecule has 1 N–H and O–H groups in total. The number of aliphatic hydroxyl groups is 1. The Balaban J connectivity index is 1.89. The molecule has 2 atom stereocenters. The van der Waals surface area contributed by atoms with Crippen molar-refractivity contribution in [1.82, 2.24) is 4.90 Å². The summed E-state index contributed by atoms with van der Waals surface area (Å²) >= 11 is 0. The van der Waals surface area contributed by atoms with Crippen LogP contribution in [0, 0.1) is 0 Å². The van der Waals surface area contributed by atoms with Gasteiger partial charge in [-0.15, -0.1) is 0 Å². The van der Waals surface area contributed by atoms with Crippen molar-refractivity contribution >= 4 is 21.5 Å². The highest BCUT2D eigenvalue weighted by Gasteiger charge is 2.37. The molecular weight excluding hydrogens is 366 g/mol. The maximum Gasteiger partial charge on any atom is 0.161 e. The standard InChI is InChI=1S/C24H27NO4/c1-27-14-7-8-15-16(10-14)17-11-21(28-2)22(29-3)12-18(17)19-13-25-9-5-4-6-20(25)24(26)23(15)19/h7-8,10-12,20,24,26H,4-6,9,13H2,1-3H3. The molecule has 3 aromatic rings. The number of nitrogens with zero attached hydrogens (tertiary/aromatic N) is 1. The van der Waals surface area contributed by atoms with Crippen molar-refractivity contribution in [1.29, 1.82) is 0 Å². The van der Waals surface area contributed by atoms with Crippen molar-refractivity contribution in [2.45, 2.75) is 38.0 Å². The van der Waals surface area contributed by atoms with Gasteiger partial charge in [0.1, 0.15) is 5.75 Å². The predicted octanol–water partition coefficient (Wildman–Crippen LogP) is 4.42. The summed E-state index contributed by atoms with van der Waals surface area (Å²) in [4.78, 5) is 2.45. The summed E-state index contributed by atoms with van der Waals surface area (Å²) in [6.07, 6.45) is 2.92. The molecule has 5 rings (SSSR count). The van der Waals surface area contributed by atoms with E-state index >= 15 is 0 Å². The van der Waals surface area contributed by atoms with E-state index in [0.29, 0.717) is 11.5 Å². The monoisotopic (exact) mass is 393 g/mol. The molecule has 1 fully saturated rings. The van der Waals surface area contributed by atoms with Gasteiger partial charge < -0.3 is 19.3 Å². The zero-order chi connectivity index (χ0) is 20.1. The molecule has 2 aliphatic heterocycles. The Morgan fingerprint density at radius 3 is 2.31 bits per heavy atom. The van der Waals surface area contributed by atoms with Gasteiger partial charge in [0.05, 0.1) is 27.4 Å². The van der Waals surface area contributed by atoms with Crippen molar-refractivity contribution in [2.75, 3.05) is 27.9 Å². The molecule has 0 aromatic heterocycles. The Bertz CT molecular complexity index is 1090. The Labute approximate surface area is 170 Å². The summed E-state index contributed by atoms with van der Waals surface area (Å²) in [5.74, 6) is 2.22. The molecule has 152 valence electrons. The highest BCUT2D eigenvalue weighted by molar-refractivity contribution is 6.12. The van der Waals surface area contributed by atoms with Crippen molar-refractivity contribution in [3.63, 3.8) is 0 Å². The van der Waals surface area contributed by atoms with E-state index in [1.807, 2.05) is 12.1 Å². The minimum Gasteiger partial charge on any atom is -0.497 e. The van der Waals surface area contributed by atoms with E-state index in [2.05, 4.69) is 23.1 Å². The first-order chi connectivity index (χ1) is 14.2. The number of hydrogen-bond donors (Lipinski definition) is 1. The van der Waals surface area contributed by atoms with Crippen LogP contribution in [0.1, 0.15) is 36.5 Å². The molecule has 5 nitrogen and oxygen atoms in total. The van der Waals surface area contributed by atoms with E-state index in [-0.39, 0.29) is 6.04 Å². The molecule has 0 amide bonds. The topological polar surface area (TPSA) is 51.2 Å². The van der Waals surface area contributed by atoms with Crippen LogP contribution < -0.4 is 14.2 Å². The lowest BCUT2D eigenvalue weighted by Crippen LogP contribution is -2.46. The zero-order valence-electron chi connectivity index (χ0n) is 17.2. The van der Waals surface area contributed by atoms with Crippen molar-refractivity contribution in [3.05, 3.63) is 41.5 Å². The Kier molecular flexibility index (Phi) is 4.52. The molecule has 5 heteroatoms. The lowest BCUT2D eigenvalue weighted by molar-refractivity contribution is 0.00754. The molecule has 0 saturated carbocycles. The van der Waals surface area contributed by atoms with Crippen LogP contribution in [-0.2, 0) is 6.54 Å². The number of ether oxygens (including phenoxy) is 3. The van der Waals surface area contributed by atoms with Gasteiger partial charge in [-0.25, -0.2) is 0 Å². The number of methoxy groups -OCH3 is 3. The second kappa shape index (κ2) is 7.08. The van der Waals surface area contributed by atoms with E-state index < -0.39 is 6.10 Å². The first kappa shape index (κ1) is 18.5. The highest BCUT2D eigenvalue weighted by atomic mass is 16.5. The predicted molar refractivity (Wildman–Crippen MR) is 114 cm³/mol. The Morgan fingerprint density at radius 2 is 1.59 bits per heavy atom. The van der Waals surface area contributed by atoms with Crippen LogP contribution in [0.4, 0.5) is 0 Å². The lowest BCUT2D eigenvalue weighted by atomic mass is 9.80. The van der Waals surface area contributed by atoms with E-state index in [1.54, 1.807) is 21.3 Å². The average Bonchev–Trinajstić information content (AvgIpc) is 2.77. The molecule has 0 radical (unpaired) electrons. The quantitative estimate of drug-likeness (QED) is 0.668. The average molecular weight is 393 g/mol. The van der Waals surface area contributed by atoms with Crippen LogP contribution in [0.2, 0.25) is 0 Å². The second-order valence-electron chi connectivity index (χ2n) is 8.03. The molecule has 0 bridgehead atoms. The number of benzene rings is 3. The fourth-order valence-electron chi connectivity index (χ4n) is 5.24. The molecule has 2 unspecified atom stereocenters. The third kappa shape index (κ3) is 2.75. The van der Waals surface area contributed by atoms with Gasteiger partial charge in [-0.2, -0.15) is 0 Å². The van der Waals surface area contributed by atoms with Crippen LogP contribution >= 0.6 is 0 Å². The molecule has 0 spiro atoms. The van der Waals surface area contributed by atoms with E-state index in [9.17, 15) is 5.11 Å². The fraction of sp³-hybridized carbons (Fsp3) is 0.417. The second-order valence-corrected chi connectivity index (χ2v) is 8.03. The van der Waals surface area contributed by atoms with Gasteiger partial charge in [-0.05, 0) is 76.3 Å². The summed E-state index contributed by atoms with van der Waals surface area (Å²) in [7, 11) is 5.00. The van der Waals surface area contributed by atoms with E-state index in [4.69, 9.17) is 14.2 Å². The highest BCUT2D eigenvalue weighted by Crippen LogP contribution is 2.47. The van der Waals surface area contributed by atoms with Crippen molar-refractivity contribution in [2.24, 2.45) is 0 Å². The van der Waals surface area contributed by atoms with Gasteiger partial charge in [0.2, 0.25) is 0 Å². The number of rotatable bonds is 3. The number of piperidine rings is 1. The lowest BCUT2D eigenvalue weighted by Gasteiger charge is -2.44. The molecule has 0 aliphatic carbocycles. The first-order valence-corrected chi connectivity index (χ1v) is 10.3. The molecule has 29 heavy (non-hydrogen) atoms. The summed E-state index contributed by atoms with van der Waals surface area (Å²) in [6, 6.07) is 10.4. The molecule has 3 aromatic carbocycles. The van der Waals surface area contributed by atoms with E-state index in [0.717, 1.165) is 52.4 Å². The van der Waals surface area contributed by atoms with Crippen molar-refractivity contribution in [3.8, 4) is 17.2 Å². The maximum atomic E-state index is 11.4. The third-order valence-electron chi connectivity index (χ3n) is 6.67. The number of hydrogen-bond acceptors (Lipinski definition) is 5. The van der Waals surface area contributed by atoms with Gasteiger partial charge in [0, 0.05) is 12.6 Å². The molecule has 2 aliphatic rings. The molecule has 1 saturated heterocycles. The van der Waals surface area contributed by atoms with Gasteiger partial charge >= 0.3 is 0 Å². The fourth-order valence-corrected chi connectivity index (χ4v) is 5.24. The minimum atomic E-state index is -0.493. The zero-order valence-corrected chi connectivity index (χ0v) is 17.2. The van der Waals surface area contributed by atoms with E-state index in [1.165, 1.54) is 18.4 Å². The van der Waals surface area contributed by atoms with Crippen LogP contribution in [0.5, 0.6) is 17.2 Å². The number of aliphatic hydroxyl groups excluding tert-OH is 1.